The van der Waals surface area contributed by atoms with E-state index < -0.39 is 11.8 Å². The number of aryl methyl sites for hydroxylation is 1. The predicted octanol–water partition coefficient (Wildman–Crippen LogP) is 7.67. The summed E-state index contributed by atoms with van der Waals surface area (Å²) in [6.45, 7) is 6.19. The van der Waals surface area contributed by atoms with Gasteiger partial charge in [0, 0.05) is 10.0 Å². The molecule has 0 radical (unpaired) electrons. The molecule has 3 amide bonds. The van der Waals surface area contributed by atoms with Crippen LogP contribution in [0.3, 0.4) is 0 Å². The van der Waals surface area contributed by atoms with Crippen molar-refractivity contribution in [1.82, 2.24) is 4.90 Å². The molecule has 7 nitrogen and oxygen atoms in total. The number of halogens is 2. The number of nitrogens with one attached hydrogen (secondary N) is 1. The topological polar surface area (TPSA) is 84.9 Å². The average Bonchev–Trinajstić information content (AvgIpc) is 3.16. The molecule has 0 atom stereocenters. The number of carbonyl (C=O) groups excluding carboxylic acids is 3. The maximum Gasteiger partial charge on any atom is 0.293 e. The summed E-state index contributed by atoms with van der Waals surface area (Å²) in [4.78, 5) is 39.7. The van der Waals surface area contributed by atoms with Gasteiger partial charge >= 0.3 is 0 Å². The van der Waals surface area contributed by atoms with Crippen LogP contribution in [0.2, 0.25) is 5.02 Å². The van der Waals surface area contributed by atoms with Crippen molar-refractivity contribution in [2.45, 2.75) is 26.7 Å². The molecule has 0 aliphatic carbocycles. The van der Waals surface area contributed by atoms with E-state index in [0.717, 1.165) is 33.1 Å². The van der Waals surface area contributed by atoms with Crippen LogP contribution in [0.15, 0.2) is 70.0 Å². The number of para-hydroxylation sites is 1. The summed E-state index contributed by atoms with van der Waals surface area (Å²) in [6, 6.07) is 18.1. The number of carbonyl (C=O) groups is 3. The summed E-state index contributed by atoms with van der Waals surface area (Å²) in [6.07, 6.45) is 1.59. The molecular formula is C30H28BrClN2O5S. The summed E-state index contributed by atoms with van der Waals surface area (Å²) in [5, 5.41) is 2.75. The van der Waals surface area contributed by atoms with Crippen LogP contribution in [0.1, 0.15) is 36.5 Å². The monoisotopic (exact) mass is 642 g/mol. The molecule has 0 unspecified atom stereocenters. The highest BCUT2D eigenvalue weighted by Crippen LogP contribution is 2.35. The fourth-order valence-electron chi connectivity index (χ4n) is 3.98. The van der Waals surface area contributed by atoms with Gasteiger partial charge in [-0.05, 0) is 78.2 Å². The molecule has 0 spiro atoms. The number of amides is 3. The van der Waals surface area contributed by atoms with Gasteiger partial charge in [0.15, 0.2) is 6.61 Å². The van der Waals surface area contributed by atoms with Crippen molar-refractivity contribution in [2.75, 3.05) is 25.1 Å². The van der Waals surface area contributed by atoms with Crippen molar-refractivity contribution in [3.8, 4) is 11.5 Å². The molecule has 1 fully saturated rings. The van der Waals surface area contributed by atoms with Gasteiger partial charge < -0.3 is 14.8 Å². The second-order valence-corrected chi connectivity index (χ2v) is 11.7. The Morgan fingerprint density at radius 1 is 1.07 bits per heavy atom. The Morgan fingerprint density at radius 2 is 1.85 bits per heavy atom. The van der Waals surface area contributed by atoms with Crippen LogP contribution < -0.4 is 14.8 Å². The number of imide groups is 1. The van der Waals surface area contributed by atoms with Crippen molar-refractivity contribution in [3.63, 3.8) is 0 Å². The zero-order chi connectivity index (χ0) is 28.8. The van der Waals surface area contributed by atoms with E-state index in [2.05, 4.69) is 35.1 Å². The Morgan fingerprint density at radius 3 is 2.60 bits per heavy atom. The minimum Gasteiger partial charge on any atom is -0.491 e. The molecule has 3 aromatic rings. The Kier molecular flexibility index (Phi) is 9.95. The van der Waals surface area contributed by atoms with E-state index in [0.29, 0.717) is 22.0 Å². The van der Waals surface area contributed by atoms with E-state index in [1.165, 1.54) is 4.90 Å². The molecule has 1 heterocycles. The summed E-state index contributed by atoms with van der Waals surface area (Å²) >= 11 is 10.4. The Bertz CT molecular complexity index is 1480. The fraction of sp³-hybridized carbons (Fsp3) is 0.233. The summed E-state index contributed by atoms with van der Waals surface area (Å²) in [5.74, 6) is 0.616. The molecule has 0 aromatic heterocycles. The molecule has 208 valence electrons. The predicted molar refractivity (Wildman–Crippen MR) is 163 cm³/mol. The van der Waals surface area contributed by atoms with Crippen molar-refractivity contribution < 1.29 is 23.9 Å². The second-order valence-electron chi connectivity index (χ2n) is 9.38. The number of benzene rings is 3. The minimum atomic E-state index is -0.408. The van der Waals surface area contributed by atoms with Gasteiger partial charge in [-0.2, -0.15) is 0 Å². The molecule has 40 heavy (non-hydrogen) atoms. The third-order valence-electron chi connectivity index (χ3n) is 6.00. The number of hydrogen-bond donors (Lipinski definition) is 1. The van der Waals surface area contributed by atoms with Gasteiger partial charge in [-0.25, -0.2) is 0 Å². The van der Waals surface area contributed by atoms with Crippen LogP contribution in [-0.2, 0) is 9.59 Å². The number of rotatable bonds is 10. The standard InChI is InChI=1S/C30H28BrClN2O5S/c1-18(2)22-10-8-19(3)14-26(22)38-13-12-34-29(36)27(40-30(34)37)16-20-15-21(31)9-11-25(20)39-17-28(35)33-24-7-5-4-6-23(24)32/h4-11,14-16,18H,12-13,17H2,1-3H3,(H,33,35)/b27-16-. The van der Waals surface area contributed by atoms with Gasteiger partial charge in [-0.3, -0.25) is 19.3 Å². The zero-order valence-corrected chi connectivity index (χ0v) is 25.4. The van der Waals surface area contributed by atoms with Gasteiger partial charge in [0.05, 0.1) is 22.2 Å². The zero-order valence-electron chi connectivity index (χ0n) is 22.2. The molecule has 1 aliphatic heterocycles. The van der Waals surface area contributed by atoms with Crippen LogP contribution in [0.25, 0.3) is 6.08 Å². The van der Waals surface area contributed by atoms with Crippen molar-refractivity contribution in [3.05, 3.63) is 91.8 Å². The molecule has 1 N–H and O–H groups in total. The highest BCUT2D eigenvalue weighted by molar-refractivity contribution is 9.10. The maximum absolute atomic E-state index is 13.1. The molecule has 0 saturated carbocycles. The lowest BCUT2D eigenvalue weighted by Gasteiger charge is -2.17. The molecule has 3 aromatic carbocycles. The van der Waals surface area contributed by atoms with E-state index >= 15 is 0 Å². The first-order valence-corrected chi connectivity index (χ1v) is 14.6. The third-order valence-corrected chi connectivity index (χ3v) is 7.73. The van der Waals surface area contributed by atoms with Gasteiger partial charge in [-0.1, -0.05) is 65.6 Å². The molecular weight excluding hydrogens is 616 g/mol. The summed E-state index contributed by atoms with van der Waals surface area (Å²) in [5.41, 5.74) is 3.17. The first-order valence-electron chi connectivity index (χ1n) is 12.6. The van der Waals surface area contributed by atoms with E-state index in [1.54, 1.807) is 48.5 Å². The van der Waals surface area contributed by atoms with E-state index in [9.17, 15) is 14.4 Å². The molecule has 10 heteroatoms. The Balaban J connectivity index is 1.42. The second kappa shape index (κ2) is 13.4. The van der Waals surface area contributed by atoms with Crippen LogP contribution in [0.5, 0.6) is 11.5 Å². The van der Waals surface area contributed by atoms with Crippen LogP contribution in [-0.4, -0.2) is 41.7 Å². The minimum absolute atomic E-state index is 0.123. The Hall–Kier alpha value is -3.27. The smallest absolute Gasteiger partial charge is 0.293 e. The number of ether oxygens (including phenoxy) is 2. The quantitative estimate of drug-likeness (QED) is 0.228. The van der Waals surface area contributed by atoms with E-state index in [4.69, 9.17) is 21.1 Å². The highest BCUT2D eigenvalue weighted by atomic mass is 79.9. The fourth-order valence-corrected chi connectivity index (χ4v) is 5.40. The van der Waals surface area contributed by atoms with Crippen molar-refractivity contribution >= 4 is 68.1 Å². The van der Waals surface area contributed by atoms with Crippen LogP contribution in [0, 0.1) is 6.92 Å². The SMILES string of the molecule is Cc1ccc(C(C)C)c(OCCN2C(=O)S/C(=C\c3cc(Br)ccc3OCC(=O)Nc3ccccc3Cl)C2=O)c1. The number of anilines is 1. The lowest BCUT2D eigenvalue weighted by molar-refractivity contribution is -0.123. The maximum atomic E-state index is 13.1. The molecule has 1 aliphatic rings. The number of nitrogens with zero attached hydrogens (tertiary/aromatic N) is 1. The van der Waals surface area contributed by atoms with Crippen molar-refractivity contribution in [2.24, 2.45) is 0 Å². The van der Waals surface area contributed by atoms with Gasteiger partial charge in [0.2, 0.25) is 0 Å². The summed E-state index contributed by atoms with van der Waals surface area (Å²) in [7, 11) is 0. The summed E-state index contributed by atoms with van der Waals surface area (Å²) < 4.78 is 12.5. The molecule has 1 saturated heterocycles. The van der Waals surface area contributed by atoms with Crippen LogP contribution in [0.4, 0.5) is 10.5 Å². The van der Waals surface area contributed by atoms with Crippen LogP contribution >= 0.6 is 39.3 Å². The van der Waals surface area contributed by atoms with Gasteiger partial charge in [-0.15, -0.1) is 0 Å². The van der Waals surface area contributed by atoms with E-state index in [1.807, 2.05) is 25.1 Å². The first kappa shape index (κ1) is 29.7. The van der Waals surface area contributed by atoms with Gasteiger partial charge in [0.25, 0.3) is 17.1 Å². The normalized spacial score (nSPS) is 14.2. The number of thioether (sulfide) groups is 1. The molecule has 4 rings (SSSR count). The lowest BCUT2D eigenvalue weighted by Crippen LogP contribution is -2.32. The average molecular weight is 644 g/mol. The lowest BCUT2D eigenvalue weighted by atomic mass is 10.0. The van der Waals surface area contributed by atoms with Crippen molar-refractivity contribution in [1.29, 1.82) is 0 Å². The molecule has 0 bridgehead atoms. The van der Waals surface area contributed by atoms with Gasteiger partial charge in [0.1, 0.15) is 18.1 Å². The Labute approximate surface area is 251 Å². The largest absolute Gasteiger partial charge is 0.491 e. The van der Waals surface area contributed by atoms with E-state index in [-0.39, 0.29) is 35.8 Å². The number of hydrogen-bond acceptors (Lipinski definition) is 6. The first-order chi connectivity index (χ1) is 19.1. The third kappa shape index (κ3) is 7.47. The highest BCUT2D eigenvalue weighted by Gasteiger charge is 2.35.